The van der Waals surface area contributed by atoms with Crippen LogP contribution in [0.25, 0.3) is 11.0 Å². The number of carbonyl (C=O) groups excluding carboxylic acids is 1. The van der Waals surface area contributed by atoms with Crippen LogP contribution in [0.4, 0.5) is 13.2 Å². The van der Waals surface area contributed by atoms with E-state index in [0.29, 0.717) is 0 Å². The molecule has 0 bridgehead atoms. The number of aromatic nitrogens is 2. The van der Waals surface area contributed by atoms with Crippen molar-refractivity contribution in [1.82, 2.24) is 9.71 Å². The average Bonchev–Trinajstić information content (AvgIpc) is 2.69. The van der Waals surface area contributed by atoms with Gasteiger partial charge in [-0.3, -0.25) is 0 Å². The standard InChI is InChI=1S/C11H5ClF3N3O2/c1-5(19)20-18-7-3-2-6(4-16)8(12)9(7)17-10(18)11(13,14)15/h2-3H,1H3. The van der Waals surface area contributed by atoms with Crippen LogP contribution in [0.1, 0.15) is 18.3 Å². The van der Waals surface area contributed by atoms with Gasteiger partial charge in [-0.15, -0.1) is 4.73 Å². The molecule has 20 heavy (non-hydrogen) atoms. The average molecular weight is 304 g/mol. The number of alkyl halides is 3. The molecule has 0 aliphatic rings. The van der Waals surface area contributed by atoms with Gasteiger partial charge in [0.15, 0.2) is 0 Å². The maximum absolute atomic E-state index is 12.9. The maximum Gasteiger partial charge on any atom is 0.453 e. The Morgan fingerprint density at radius 1 is 1.50 bits per heavy atom. The molecule has 1 aromatic heterocycles. The molecule has 0 saturated carbocycles. The number of fused-ring (bicyclic) bond motifs is 1. The highest BCUT2D eigenvalue weighted by molar-refractivity contribution is 6.36. The van der Waals surface area contributed by atoms with Gasteiger partial charge in [0.05, 0.1) is 10.6 Å². The SMILES string of the molecule is CC(=O)On1c(C(F)(F)F)nc2c(Cl)c(C#N)ccc21. The second-order valence-electron chi connectivity index (χ2n) is 3.72. The molecule has 0 spiro atoms. The predicted octanol–water partition coefficient (Wildman–Crippen LogP) is 2.56. The van der Waals surface area contributed by atoms with E-state index in [1.807, 2.05) is 0 Å². The molecular weight excluding hydrogens is 299 g/mol. The molecule has 0 N–H and O–H groups in total. The van der Waals surface area contributed by atoms with Crippen molar-refractivity contribution in [3.8, 4) is 6.07 Å². The van der Waals surface area contributed by atoms with Gasteiger partial charge in [-0.1, -0.05) is 11.6 Å². The first kappa shape index (κ1) is 14.1. The van der Waals surface area contributed by atoms with Gasteiger partial charge in [0.2, 0.25) is 0 Å². The van der Waals surface area contributed by atoms with E-state index in [2.05, 4.69) is 9.82 Å². The topological polar surface area (TPSA) is 67.9 Å². The smallest absolute Gasteiger partial charge is 0.335 e. The van der Waals surface area contributed by atoms with E-state index in [9.17, 15) is 18.0 Å². The first-order chi connectivity index (χ1) is 9.25. The number of hydrogen-bond donors (Lipinski definition) is 0. The fraction of sp³-hybridized carbons (Fsp3) is 0.182. The van der Waals surface area contributed by atoms with E-state index < -0.39 is 18.0 Å². The Hall–Kier alpha value is -2.27. The molecule has 0 unspecified atom stereocenters. The Labute approximate surface area is 115 Å². The van der Waals surface area contributed by atoms with Crippen molar-refractivity contribution in [3.63, 3.8) is 0 Å². The van der Waals surface area contributed by atoms with Gasteiger partial charge in [0.25, 0.3) is 5.82 Å². The lowest BCUT2D eigenvalue weighted by Crippen LogP contribution is -2.23. The normalized spacial score (nSPS) is 11.4. The highest BCUT2D eigenvalue weighted by Crippen LogP contribution is 2.34. The summed E-state index contributed by atoms with van der Waals surface area (Å²) in [5.74, 6) is -2.38. The minimum atomic E-state index is -4.84. The second-order valence-corrected chi connectivity index (χ2v) is 4.10. The quantitative estimate of drug-likeness (QED) is 0.812. The van der Waals surface area contributed by atoms with Gasteiger partial charge < -0.3 is 4.84 Å². The summed E-state index contributed by atoms with van der Waals surface area (Å²) in [5.41, 5.74) is -0.448. The number of rotatable bonds is 1. The molecule has 1 aromatic carbocycles. The van der Waals surface area contributed by atoms with Crippen LogP contribution in [0.3, 0.4) is 0 Å². The zero-order valence-electron chi connectivity index (χ0n) is 9.82. The molecule has 2 rings (SSSR count). The van der Waals surface area contributed by atoms with Crippen molar-refractivity contribution < 1.29 is 22.8 Å². The number of nitrogens with zero attached hydrogens (tertiary/aromatic N) is 3. The van der Waals surface area contributed by atoms with Crippen LogP contribution in [0.15, 0.2) is 12.1 Å². The van der Waals surface area contributed by atoms with Crippen LogP contribution in [0.5, 0.6) is 0 Å². The molecule has 9 heteroatoms. The van der Waals surface area contributed by atoms with E-state index in [0.717, 1.165) is 6.92 Å². The van der Waals surface area contributed by atoms with Crippen LogP contribution >= 0.6 is 11.6 Å². The molecule has 0 fully saturated rings. The number of carbonyl (C=O) groups is 1. The summed E-state index contributed by atoms with van der Waals surface area (Å²) in [6.07, 6.45) is -4.84. The second kappa shape index (κ2) is 4.68. The van der Waals surface area contributed by atoms with Gasteiger partial charge in [0, 0.05) is 6.92 Å². The van der Waals surface area contributed by atoms with Gasteiger partial charge in [-0.2, -0.15) is 18.4 Å². The predicted molar refractivity (Wildman–Crippen MR) is 61.7 cm³/mol. The summed E-state index contributed by atoms with van der Waals surface area (Å²) < 4.78 is 38.9. The van der Waals surface area contributed by atoms with Crippen molar-refractivity contribution in [2.24, 2.45) is 0 Å². The van der Waals surface area contributed by atoms with Crippen LogP contribution in [-0.2, 0) is 11.0 Å². The van der Waals surface area contributed by atoms with Crippen LogP contribution in [-0.4, -0.2) is 15.7 Å². The van der Waals surface area contributed by atoms with Gasteiger partial charge >= 0.3 is 12.1 Å². The zero-order chi connectivity index (χ0) is 15.1. The van der Waals surface area contributed by atoms with E-state index in [-0.39, 0.29) is 26.3 Å². The first-order valence-electron chi connectivity index (χ1n) is 5.13. The Morgan fingerprint density at radius 2 is 2.15 bits per heavy atom. The highest BCUT2D eigenvalue weighted by Gasteiger charge is 2.39. The largest absolute Gasteiger partial charge is 0.453 e. The third kappa shape index (κ3) is 2.28. The summed E-state index contributed by atoms with van der Waals surface area (Å²) in [7, 11) is 0. The van der Waals surface area contributed by atoms with Crippen LogP contribution < -0.4 is 4.84 Å². The molecule has 2 aromatic rings. The van der Waals surface area contributed by atoms with Crippen molar-refractivity contribution in [2.45, 2.75) is 13.1 Å². The van der Waals surface area contributed by atoms with Crippen LogP contribution in [0.2, 0.25) is 5.02 Å². The summed E-state index contributed by atoms with van der Waals surface area (Å²) in [6, 6.07) is 4.11. The Bertz CT molecular complexity index is 746. The Morgan fingerprint density at radius 3 is 2.65 bits per heavy atom. The molecule has 0 radical (unpaired) electrons. The van der Waals surface area contributed by atoms with Gasteiger partial charge in [-0.25, -0.2) is 9.78 Å². The lowest BCUT2D eigenvalue weighted by atomic mass is 10.2. The monoisotopic (exact) mass is 303 g/mol. The number of hydrogen-bond acceptors (Lipinski definition) is 4. The van der Waals surface area contributed by atoms with Crippen molar-refractivity contribution >= 4 is 28.6 Å². The Balaban J connectivity index is 2.83. The number of benzene rings is 1. The fourth-order valence-electron chi connectivity index (χ4n) is 1.58. The minimum absolute atomic E-state index is 0.0274. The zero-order valence-corrected chi connectivity index (χ0v) is 10.6. The summed E-state index contributed by atoms with van der Waals surface area (Å²) in [6.45, 7) is 0.956. The first-order valence-corrected chi connectivity index (χ1v) is 5.50. The summed E-state index contributed by atoms with van der Waals surface area (Å²) in [4.78, 5) is 18.7. The maximum atomic E-state index is 12.9. The molecule has 1 heterocycles. The molecule has 0 atom stereocenters. The van der Waals surface area contributed by atoms with E-state index in [1.165, 1.54) is 12.1 Å². The highest BCUT2D eigenvalue weighted by atomic mass is 35.5. The minimum Gasteiger partial charge on any atom is -0.335 e. The summed E-state index contributed by atoms with van der Waals surface area (Å²) >= 11 is 5.81. The third-order valence-electron chi connectivity index (χ3n) is 2.32. The number of halogens is 4. The van der Waals surface area contributed by atoms with Gasteiger partial charge in [-0.05, 0) is 12.1 Å². The lowest BCUT2D eigenvalue weighted by Gasteiger charge is -2.09. The fourth-order valence-corrected chi connectivity index (χ4v) is 1.82. The molecule has 5 nitrogen and oxygen atoms in total. The van der Waals surface area contributed by atoms with E-state index >= 15 is 0 Å². The van der Waals surface area contributed by atoms with E-state index in [1.54, 1.807) is 6.07 Å². The van der Waals surface area contributed by atoms with E-state index in [4.69, 9.17) is 16.9 Å². The molecular formula is C11H5ClF3N3O2. The molecule has 0 aliphatic heterocycles. The number of imidazole rings is 1. The Kier molecular flexibility index (Phi) is 3.31. The lowest BCUT2D eigenvalue weighted by molar-refractivity contribution is -0.161. The molecule has 0 saturated heterocycles. The number of nitriles is 1. The van der Waals surface area contributed by atoms with Crippen molar-refractivity contribution in [2.75, 3.05) is 0 Å². The van der Waals surface area contributed by atoms with Gasteiger partial charge in [0.1, 0.15) is 17.1 Å². The molecule has 104 valence electrons. The summed E-state index contributed by atoms with van der Waals surface area (Å²) in [5, 5.41) is 8.55. The van der Waals surface area contributed by atoms with Crippen molar-refractivity contribution in [3.05, 3.63) is 28.5 Å². The third-order valence-corrected chi connectivity index (χ3v) is 2.70. The van der Waals surface area contributed by atoms with Crippen LogP contribution in [0, 0.1) is 11.3 Å². The van der Waals surface area contributed by atoms with Crippen molar-refractivity contribution in [1.29, 1.82) is 5.26 Å². The molecule has 0 amide bonds. The molecule has 0 aliphatic carbocycles.